The maximum absolute atomic E-state index is 9.41. The highest BCUT2D eigenvalue weighted by molar-refractivity contribution is 5.27. The summed E-state index contributed by atoms with van der Waals surface area (Å²) in [4.78, 5) is 0. The van der Waals surface area contributed by atoms with Crippen LogP contribution < -0.4 is 10.1 Å². The maximum atomic E-state index is 9.41. The SMILES string of the molecule is Cc1cccc(OCC(CO)C2CCNC2)c1. The third kappa shape index (κ3) is 3.45. The van der Waals surface area contributed by atoms with Crippen molar-refractivity contribution in [1.82, 2.24) is 5.32 Å². The summed E-state index contributed by atoms with van der Waals surface area (Å²) in [7, 11) is 0. The van der Waals surface area contributed by atoms with Crippen LogP contribution in [-0.4, -0.2) is 31.4 Å². The first kappa shape index (κ1) is 12.4. The van der Waals surface area contributed by atoms with Crippen LogP contribution in [0.4, 0.5) is 0 Å². The molecule has 0 aromatic heterocycles. The average Bonchev–Trinajstić information content (AvgIpc) is 2.84. The molecule has 1 fully saturated rings. The molecule has 2 unspecified atom stereocenters. The molecule has 0 spiro atoms. The van der Waals surface area contributed by atoms with Gasteiger partial charge in [0.1, 0.15) is 5.75 Å². The molecule has 0 aliphatic carbocycles. The fourth-order valence-electron chi connectivity index (χ4n) is 2.33. The summed E-state index contributed by atoms with van der Waals surface area (Å²) in [6.45, 7) is 4.93. The standard InChI is InChI=1S/C14H21NO2/c1-11-3-2-4-14(7-11)17-10-13(9-16)12-5-6-15-8-12/h2-4,7,12-13,15-16H,5-6,8-10H2,1H3. The van der Waals surface area contributed by atoms with Crippen LogP contribution in [0.2, 0.25) is 0 Å². The summed E-state index contributed by atoms with van der Waals surface area (Å²) in [6.07, 6.45) is 1.14. The first-order chi connectivity index (χ1) is 8.29. The van der Waals surface area contributed by atoms with Crippen LogP contribution in [0, 0.1) is 18.8 Å². The Hall–Kier alpha value is -1.06. The Morgan fingerprint density at radius 2 is 2.41 bits per heavy atom. The van der Waals surface area contributed by atoms with Gasteiger partial charge in [-0.25, -0.2) is 0 Å². The number of aliphatic hydroxyl groups is 1. The lowest BCUT2D eigenvalue weighted by molar-refractivity contribution is 0.124. The number of rotatable bonds is 5. The highest BCUT2D eigenvalue weighted by atomic mass is 16.5. The van der Waals surface area contributed by atoms with E-state index >= 15 is 0 Å². The van der Waals surface area contributed by atoms with Crippen molar-refractivity contribution in [2.45, 2.75) is 13.3 Å². The highest BCUT2D eigenvalue weighted by Gasteiger charge is 2.24. The molecule has 1 saturated heterocycles. The molecule has 3 heteroatoms. The topological polar surface area (TPSA) is 41.5 Å². The van der Waals surface area contributed by atoms with Crippen LogP contribution in [0.1, 0.15) is 12.0 Å². The van der Waals surface area contributed by atoms with Crippen molar-refractivity contribution >= 4 is 0 Å². The fraction of sp³-hybridized carbons (Fsp3) is 0.571. The van der Waals surface area contributed by atoms with E-state index in [4.69, 9.17) is 4.74 Å². The number of benzene rings is 1. The summed E-state index contributed by atoms with van der Waals surface area (Å²) in [5, 5.41) is 12.7. The van der Waals surface area contributed by atoms with E-state index in [0.717, 1.165) is 25.3 Å². The lowest BCUT2D eigenvalue weighted by Crippen LogP contribution is -2.26. The monoisotopic (exact) mass is 235 g/mol. The Kier molecular flexibility index (Phi) is 4.40. The average molecular weight is 235 g/mol. The van der Waals surface area contributed by atoms with Gasteiger partial charge >= 0.3 is 0 Å². The van der Waals surface area contributed by atoms with Crippen LogP contribution in [0.3, 0.4) is 0 Å². The molecular weight excluding hydrogens is 214 g/mol. The van der Waals surface area contributed by atoms with Crippen molar-refractivity contribution in [1.29, 1.82) is 0 Å². The van der Waals surface area contributed by atoms with Gasteiger partial charge in [0.2, 0.25) is 0 Å². The van der Waals surface area contributed by atoms with Crippen LogP contribution in [0.5, 0.6) is 5.75 Å². The molecule has 1 aliphatic heterocycles. The first-order valence-electron chi connectivity index (χ1n) is 6.30. The second-order valence-electron chi connectivity index (χ2n) is 4.82. The van der Waals surface area contributed by atoms with Gasteiger partial charge < -0.3 is 15.2 Å². The smallest absolute Gasteiger partial charge is 0.119 e. The zero-order valence-corrected chi connectivity index (χ0v) is 10.4. The van der Waals surface area contributed by atoms with E-state index in [1.807, 2.05) is 18.2 Å². The molecule has 17 heavy (non-hydrogen) atoms. The zero-order chi connectivity index (χ0) is 12.1. The number of ether oxygens (including phenoxy) is 1. The van der Waals surface area contributed by atoms with Gasteiger partial charge in [0.05, 0.1) is 6.61 Å². The van der Waals surface area contributed by atoms with E-state index in [-0.39, 0.29) is 12.5 Å². The predicted molar refractivity (Wildman–Crippen MR) is 68.2 cm³/mol. The Morgan fingerprint density at radius 1 is 1.53 bits per heavy atom. The van der Waals surface area contributed by atoms with E-state index in [1.54, 1.807) is 0 Å². The van der Waals surface area contributed by atoms with E-state index < -0.39 is 0 Å². The summed E-state index contributed by atoms with van der Waals surface area (Å²) in [5.74, 6) is 1.68. The first-order valence-corrected chi connectivity index (χ1v) is 6.30. The Morgan fingerprint density at radius 3 is 3.06 bits per heavy atom. The minimum Gasteiger partial charge on any atom is -0.493 e. The van der Waals surface area contributed by atoms with Gasteiger partial charge in [-0.15, -0.1) is 0 Å². The molecule has 1 aliphatic rings. The van der Waals surface area contributed by atoms with E-state index in [2.05, 4.69) is 18.3 Å². The molecule has 94 valence electrons. The fourth-order valence-corrected chi connectivity index (χ4v) is 2.33. The Balaban J connectivity index is 1.87. The number of aryl methyl sites for hydroxylation is 1. The lowest BCUT2D eigenvalue weighted by Gasteiger charge is -2.21. The van der Waals surface area contributed by atoms with Gasteiger partial charge in [-0.3, -0.25) is 0 Å². The molecule has 0 radical (unpaired) electrons. The molecule has 1 aromatic rings. The van der Waals surface area contributed by atoms with Crippen LogP contribution in [0.15, 0.2) is 24.3 Å². The van der Waals surface area contributed by atoms with Gasteiger partial charge in [-0.2, -0.15) is 0 Å². The zero-order valence-electron chi connectivity index (χ0n) is 10.4. The van der Waals surface area contributed by atoms with Crippen molar-refractivity contribution in [3.05, 3.63) is 29.8 Å². The molecule has 3 nitrogen and oxygen atoms in total. The number of hydrogen-bond acceptors (Lipinski definition) is 3. The Labute approximate surface area is 103 Å². The van der Waals surface area contributed by atoms with Gasteiger partial charge in [-0.05, 0) is 50.0 Å². The molecular formula is C14H21NO2. The molecule has 1 heterocycles. The molecule has 2 atom stereocenters. The maximum Gasteiger partial charge on any atom is 0.119 e. The quantitative estimate of drug-likeness (QED) is 0.814. The molecule has 2 N–H and O–H groups in total. The van der Waals surface area contributed by atoms with Crippen LogP contribution in [0.25, 0.3) is 0 Å². The minimum absolute atomic E-state index is 0.207. The van der Waals surface area contributed by atoms with Gasteiger partial charge in [0.25, 0.3) is 0 Å². The Bertz CT molecular complexity index is 348. The second-order valence-corrected chi connectivity index (χ2v) is 4.82. The van der Waals surface area contributed by atoms with Crippen LogP contribution in [-0.2, 0) is 0 Å². The van der Waals surface area contributed by atoms with Crippen molar-refractivity contribution in [3.8, 4) is 5.75 Å². The molecule has 1 aromatic carbocycles. The minimum atomic E-state index is 0.207. The molecule has 2 rings (SSSR count). The summed E-state index contributed by atoms with van der Waals surface area (Å²) < 4.78 is 5.76. The van der Waals surface area contributed by atoms with Crippen molar-refractivity contribution in [2.75, 3.05) is 26.3 Å². The van der Waals surface area contributed by atoms with Gasteiger partial charge in [0, 0.05) is 12.5 Å². The lowest BCUT2D eigenvalue weighted by atomic mass is 9.93. The second kappa shape index (κ2) is 6.03. The summed E-state index contributed by atoms with van der Waals surface area (Å²) >= 11 is 0. The number of nitrogens with one attached hydrogen (secondary N) is 1. The third-order valence-corrected chi connectivity index (χ3v) is 3.45. The van der Waals surface area contributed by atoms with Gasteiger partial charge in [-0.1, -0.05) is 12.1 Å². The number of hydrogen-bond donors (Lipinski definition) is 2. The van der Waals surface area contributed by atoms with Crippen molar-refractivity contribution in [3.63, 3.8) is 0 Å². The third-order valence-electron chi connectivity index (χ3n) is 3.45. The molecule has 0 bridgehead atoms. The van der Waals surface area contributed by atoms with Crippen LogP contribution >= 0.6 is 0 Å². The van der Waals surface area contributed by atoms with Gasteiger partial charge in [0.15, 0.2) is 0 Å². The predicted octanol–water partition coefficient (Wildman–Crippen LogP) is 1.59. The normalized spacial score (nSPS) is 21.4. The summed E-state index contributed by atoms with van der Waals surface area (Å²) in [5.41, 5.74) is 1.20. The van der Waals surface area contributed by atoms with E-state index in [9.17, 15) is 5.11 Å². The highest BCUT2D eigenvalue weighted by Crippen LogP contribution is 2.21. The van der Waals surface area contributed by atoms with Crippen molar-refractivity contribution < 1.29 is 9.84 Å². The molecule has 0 saturated carbocycles. The van der Waals surface area contributed by atoms with E-state index in [0.29, 0.717) is 12.5 Å². The van der Waals surface area contributed by atoms with Crippen molar-refractivity contribution in [2.24, 2.45) is 11.8 Å². The number of aliphatic hydroxyl groups excluding tert-OH is 1. The van der Waals surface area contributed by atoms with E-state index in [1.165, 1.54) is 5.56 Å². The largest absolute Gasteiger partial charge is 0.493 e. The molecule has 0 amide bonds. The summed E-state index contributed by atoms with van der Waals surface area (Å²) in [6, 6.07) is 8.04.